The van der Waals surface area contributed by atoms with Gasteiger partial charge in [0.05, 0.1) is 17.4 Å². The number of anilines is 1. The van der Waals surface area contributed by atoms with Crippen LogP contribution in [0.15, 0.2) is 17.1 Å². The maximum absolute atomic E-state index is 15.1. The molecule has 1 aliphatic heterocycles. The molecule has 152 valence electrons. The van der Waals surface area contributed by atoms with E-state index in [0.717, 1.165) is 37.9 Å². The molecule has 2 aromatic rings. The molecule has 4 rings (SSSR count). The molecule has 0 amide bonds. The zero-order valence-electron chi connectivity index (χ0n) is 16.2. The zero-order valence-corrected chi connectivity index (χ0v) is 17.1. The summed E-state index contributed by atoms with van der Waals surface area (Å²) in [6.07, 6.45) is 4.05. The van der Waals surface area contributed by atoms with Crippen LogP contribution in [0, 0.1) is 12.7 Å². The Morgan fingerprint density at radius 3 is 2.50 bits per heavy atom. The summed E-state index contributed by atoms with van der Waals surface area (Å²) in [7, 11) is 4.05. The van der Waals surface area contributed by atoms with Gasteiger partial charge in [0.25, 0.3) is 5.56 Å². The molecule has 2 aliphatic rings. The van der Waals surface area contributed by atoms with Gasteiger partial charge in [0, 0.05) is 19.1 Å². The fourth-order valence-corrected chi connectivity index (χ4v) is 4.26. The van der Waals surface area contributed by atoms with Gasteiger partial charge in [-0.1, -0.05) is 0 Å². The Balaban J connectivity index is 0.00000225. The summed E-state index contributed by atoms with van der Waals surface area (Å²) in [5.74, 6) is -1.51. The fraction of sp³-hybridized carbons (Fsp3) is 0.500. The van der Waals surface area contributed by atoms with Gasteiger partial charge in [-0.2, -0.15) is 0 Å². The third kappa shape index (κ3) is 3.26. The van der Waals surface area contributed by atoms with Crippen molar-refractivity contribution < 1.29 is 14.3 Å². The third-order valence-corrected chi connectivity index (χ3v) is 5.90. The first kappa shape index (κ1) is 20.6. The van der Waals surface area contributed by atoms with Crippen molar-refractivity contribution >= 4 is 29.6 Å². The van der Waals surface area contributed by atoms with Crippen molar-refractivity contribution in [2.75, 3.05) is 32.1 Å². The van der Waals surface area contributed by atoms with Gasteiger partial charge in [0.15, 0.2) is 5.82 Å². The van der Waals surface area contributed by atoms with Crippen molar-refractivity contribution in [3.8, 4) is 0 Å². The molecule has 1 saturated carbocycles. The first-order valence-electron chi connectivity index (χ1n) is 9.32. The number of carboxylic acids is 1. The van der Waals surface area contributed by atoms with Crippen molar-refractivity contribution in [1.82, 2.24) is 9.30 Å². The van der Waals surface area contributed by atoms with Crippen LogP contribution < -0.4 is 10.5 Å². The van der Waals surface area contributed by atoms with Crippen LogP contribution in [-0.4, -0.2) is 53.6 Å². The number of carboxylic acid groups (broad SMARTS) is 1. The average molecular weight is 410 g/mol. The molecule has 0 unspecified atom stereocenters. The standard InChI is InChI=1S/C20H24FN3O3.ClH/c1-11-17-14(12-4-5-12)8-15(20(26)27)19(25)24(17)10-16(21)18(11)23-7-6-13(9-23)22(2)3;/h8,10,12-13H,4-7,9H2,1-3H3,(H,26,27);1H/t13-;/m1./s1. The number of pyridine rings is 2. The maximum atomic E-state index is 15.1. The van der Waals surface area contributed by atoms with Crippen LogP contribution in [0.4, 0.5) is 10.1 Å². The monoisotopic (exact) mass is 409 g/mol. The number of hydrogen-bond donors (Lipinski definition) is 1. The van der Waals surface area contributed by atoms with E-state index in [1.54, 1.807) is 0 Å². The molecule has 0 bridgehead atoms. The van der Waals surface area contributed by atoms with E-state index in [9.17, 15) is 14.7 Å². The minimum absolute atomic E-state index is 0. The Kier molecular flexibility index (Phi) is 5.42. The lowest BCUT2D eigenvalue weighted by Gasteiger charge is -2.25. The van der Waals surface area contributed by atoms with Crippen LogP contribution in [0.5, 0.6) is 0 Å². The van der Waals surface area contributed by atoms with E-state index in [-0.39, 0.29) is 23.9 Å². The largest absolute Gasteiger partial charge is 0.477 e. The SMILES string of the molecule is Cc1c(N2CC[C@@H](N(C)C)C2)c(F)cn2c(=O)c(C(=O)O)cc(C3CC3)c12.Cl. The molecule has 1 N–H and O–H groups in total. The highest BCUT2D eigenvalue weighted by Gasteiger charge is 2.32. The predicted octanol–water partition coefficient (Wildman–Crippen LogP) is 2.88. The van der Waals surface area contributed by atoms with Gasteiger partial charge in [0.1, 0.15) is 5.56 Å². The molecule has 28 heavy (non-hydrogen) atoms. The predicted molar refractivity (Wildman–Crippen MR) is 109 cm³/mol. The van der Waals surface area contributed by atoms with Crippen LogP contribution in [0.2, 0.25) is 0 Å². The molecule has 1 saturated heterocycles. The molecule has 2 fully saturated rings. The second kappa shape index (κ2) is 7.37. The van der Waals surface area contributed by atoms with E-state index in [4.69, 9.17) is 0 Å². The first-order valence-corrected chi connectivity index (χ1v) is 9.32. The molecule has 0 spiro atoms. The number of nitrogens with zero attached hydrogens (tertiary/aromatic N) is 3. The van der Waals surface area contributed by atoms with Crippen molar-refractivity contribution in [3.63, 3.8) is 0 Å². The molecule has 0 radical (unpaired) electrons. The summed E-state index contributed by atoms with van der Waals surface area (Å²) < 4.78 is 16.3. The summed E-state index contributed by atoms with van der Waals surface area (Å²) in [6, 6.07) is 1.86. The first-order chi connectivity index (χ1) is 12.8. The summed E-state index contributed by atoms with van der Waals surface area (Å²) in [6.45, 7) is 3.33. The van der Waals surface area contributed by atoms with Crippen molar-refractivity contribution in [1.29, 1.82) is 0 Å². The van der Waals surface area contributed by atoms with E-state index >= 15 is 4.39 Å². The Morgan fingerprint density at radius 1 is 1.29 bits per heavy atom. The van der Waals surface area contributed by atoms with E-state index < -0.39 is 17.3 Å². The molecular formula is C20H25ClFN3O3. The molecule has 8 heteroatoms. The zero-order chi connectivity index (χ0) is 19.5. The van der Waals surface area contributed by atoms with Crippen molar-refractivity contribution in [3.05, 3.63) is 45.1 Å². The smallest absolute Gasteiger partial charge is 0.341 e. The lowest BCUT2D eigenvalue weighted by molar-refractivity contribution is 0.0694. The highest BCUT2D eigenvalue weighted by molar-refractivity contribution is 5.89. The van der Waals surface area contributed by atoms with Gasteiger partial charge in [-0.15, -0.1) is 12.4 Å². The highest BCUT2D eigenvalue weighted by Crippen LogP contribution is 2.44. The van der Waals surface area contributed by atoms with Gasteiger partial charge >= 0.3 is 5.97 Å². The van der Waals surface area contributed by atoms with E-state index in [2.05, 4.69) is 4.90 Å². The van der Waals surface area contributed by atoms with Gasteiger partial charge in [-0.05, 0) is 63.4 Å². The van der Waals surface area contributed by atoms with Crippen LogP contribution in [0.1, 0.15) is 46.7 Å². The van der Waals surface area contributed by atoms with Crippen molar-refractivity contribution in [2.45, 2.75) is 38.1 Å². The number of hydrogen-bond acceptors (Lipinski definition) is 4. The number of aromatic nitrogens is 1. The Labute approximate surface area is 169 Å². The lowest BCUT2D eigenvalue weighted by atomic mass is 10.0. The topological polar surface area (TPSA) is 65.3 Å². The van der Waals surface area contributed by atoms with E-state index in [1.165, 1.54) is 16.7 Å². The minimum Gasteiger partial charge on any atom is -0.477 e. The second-order valence-electron chi connectivity index (χ2n) is 7.92. The number of likely N-dealkylation sites (N-methyl/N-ethyl adjacent to an activating group) is 1. The van der Waals surface area contributed by atoms with Crippen LogP contribution >= 0.6 is 12.4 Å². The quantitative estimate of drug-likeness (QED) is 0.841. The second-order valence-corrected chi connectivity index (χ2v) is 7.92. The number of fused-ring (bicyclic) bond motifs is 1. The van der Waals surface area contributed by atoms with Crippen LogP contribution in [-0.2, 0) is 0 Å². The molecule has 0 aromatic carbocycles. The molecule has 6 nitrogen and oxygen atoms in total. The average Bonchev–Trinajstić information content (AvgIpc) is 3.32. The molecule has 1 aliphatic carbocycles. The van der Waals surface area contributed by atoms with E-state index in [1.807, 2.05) is 25.9 Å². The van der Waals surface area contributed by atoms with Gasteiger partial charge in [-0.25, -0.2) is 9.18 Å². The van der Waals surface area contributed by atoms with Crippen LogP contribution in [0.3, 0.4) is 0 Å². The van der Waals surface area contributed by atoms with Gasteiger partial charge in [-0.3, -0.25) is 9.20 Å². The third-order valence-electron chi connectivity index (χ3n) is 5.90. The lowest BCUT2D eigenvalue weighted by Crippen LogP contribution is -2.32. The Bertz CT molecular complexity index is 1000. The van der Waals surface area contributed by atoms with E-state index in [0.29, 0.717) is 22.8 Å². The van der Waals surface area contributed by atoms with Gasteiger partial charge in [0.2, 0.25) is 0 Å². The molecular weight excluding hydrogens is 385 g/mol. The molecule has 3 heterocycles. The maximum Gasteiger partial charge on any atom is 0.341 e. The number of halogens is 2. The summed E-state index contributed by atoms with van der Waals surface area (Å²) in [5, 5.41) is 9.38. The number of carbonyl (C=O) groups is 1. The summed E-state index contributed by atoms with van der Waals surface area (Å²) in [5.41, 5.74) is 1.78. The Hall–Kier alpha value is -2.12. The van der Waals surface area contributed by atoms with Crippen molar-refractivity contribution in [2.24, 2.45) is 0 Å². The highest BCUT2D eigenvalue weighted by atomic mass is 35.5. The molecule has 2 aromatic heterocycles. The fourth-order valence-electron chi connectivity index (χ4n) is 4.26. The number of aryl methyl sites for hydroxylation is 1. The normalized spacial score (nSPS) is 19.3. The van der Waals surface area contributed by atoms with Crippen LogP contribution in [0.25, 0.3) is 5.52 Å². The van der Waals surface area contributed by atoms with Gasteiger partial charge < -0.3 is 14.9 Å². The summed E-state index contributed by atoms with van der Waals surface area (Å²) in [4.78, 5) is 28.3. The molecule has 1 atom stereocenters. The minimum atomic E-state index is -1.27. The number of aromatic carboxylic acids is 1. The number of rotatable bonds is 4. The Morgan fingerprint density at radius 2 is 1.96 bits per heavy atom. The summed E-state index contributed by atoms with van der Waals surface area (Å²) >= 11 is 0.